The molecule has 2 aromatic carbocycles. The molecule has 1 fully saturated rings. The second-order valence-electron chi connectivity index (χ2n) is 8.30. The van der Waals surface area contributed by atoms with Gasteiger partial charge in [-0.3, -0.25) is 0 Å². The van der Waals surface area contributed by atoms with E-state index in [0.29, 0.717) is 25.9 Å². The topological polar surface area (TPSA) is 61.2 Å². The summed E-state index contributed by atoms with van der Waals surface area (Å²) in [7, 11) is -3.54. The van der Waals surface area contributed by atoms with Gasteiger partial charge in [0.15, 0.2) is 0 Å². The molecule has 2 atom stereocenters. The van der Waals surface area contributed by atoms with Crippen LogP contribution in [0.25, 0.3) is 0 Å². The van der Waals surface area contributed by atoms with Gasteiger partial charge in [-0.2, -0.15) is 5.26 Å². The summed E-state index contributed by atoms with van der Waals surface area (Å²) < 4.78 is 27.7. The fourth-order valence-corrected chi connectivity index (χ4v) is 6.62. The van der Waals surface area contributed by atoms with Gasteiger partial charge in [0.05, 0.1) is 6.07 Å². The van der Waals surface area contributed by atoms with Crippen LogP contribution >= 0.6 is 0 Å². The number of hydrogen-bond acceptors (Lipinski definition) is 3. The van der Waals surface area contributed by atoms with E-state index in [4.69, 9.17) is 0 Å². The fraction of sp³-hybridized carbons (Fsp3) is 0.320. The number of benzene rings is 2. The minimum atomic E-state index is -3.54. The van der Waals surface area contributed by atoms with E-state index in [-0.39, 0.29) is 5.92 Å². The van der Waals surface area contributed by atoms with E-state index >= 15 is 0 Å². The summed E-state index contributed by atoms with van der Waals surface area (Å²) in [5.74, 6) is -0.131. The Morgan fingerprint density at radius 2 is 1.63 bits per heavy atom. The molecule has 0 bridgehead atoms. The van der Waals surface area contributed by atoms with E-state index in [1.807, 2.05) is 78.9 Å². The molecule has 4 rings (SSSR count). The van der Waals surface area contributed by atoms with Crippen LogP contribution in [0.5, 0.6) is 0 Å². The van der Waals surface area contributed by atoms with Gasteiger partial charge in [0.25, 0.3) is 0 Å². The molecule has 2 aromatic rings. The maximum atomic E-state index is 13.5. The zero-order valence-corrected chi connectivity index (χ0v) is 17.9. The first-order valence-corrected chi connectivity index (χ1v) is 11.7. The summed E-state index contributed by atoms with van der Waals surface area (Å²) in [4.78, 5) is 0. The van der Waals surface area contributed by atoms with Crippen LogP contribution < -0.4 is 0 Å². The van der Waals surface area contributed by atoms with Crippen molar-refractivity contribution in [2.75, 3.05) is 13.1 Å². The molecule has 4 nitrogen and oxygen atoms in total. The average molecular weight is 419 g/mol. The molecule has 1 aliphatic heterocycles. The van der Waals surface area contributed by atoms with Gasteiger partial charge in [-0.15, -0.1) is 0 Å². The lowest BCUT2D eigenvalue weighted by Gasteiger charge is -2.35. The van der Waals surface area contributed by atoms with Crippen molar-refractivity contribution < 1.29 is 8.42 Å². The maximum absolute atomic E-state index is 13.5. The minimum absolute atomic E-state index is 0.131. The highest BCUT2D eigenvalue weighted by atomic mass is 32.2. The van der Waals surface area contributed by atoms with E-state index in [0.717, 1.165) is 11.1 Å². The van der Waals surface area contributed by atoms with Gasteiger partial charge in [-0.05, 0) is 30.9 Å². The van der Waals surface area contributed by atoms with Gasteiger partial charge in [0.1, 0.15) is 10.2 Å². The molecule has 154 valence electrons. The lowest BCUT2D eigenvalue weighted by molar-refractivity contribution is 0.387. The summed E-state index contributed by atoms with van der Waals surface area (Å²) in [5, 5.41) is 10.5. The number of hydrogen-bond donors (Lipinski definition) is 0. The monoisotopic (exact) mass is 418 g/mol. The highest BCUT2D eigenvalue weighted by molar-refractivity contribution is 7.90. The lowest BCUT2D eigenvalue weighted by atomic mass is 9.66. The third-order valence-corrected chi connectivity index (χ3v) is 9.04. The van der Waals surface area contributed by atoms with Gasteiger partial charge in [0.2, 0.25) is 10.0 Å². The van der Waals surface area contributed by atoms with E-state index in [2.05, 4.69) is 6.07 Å². The third kappa shape index (κ3) is 3.21. The van der Waals surface area contributed by atoms with Crippen molar-refractivity contribution >= 4 is 10.0 Å². The molecule has 0 amide bonds. The highest BCUT2D eigenvalue weighted by Crippen LogP contribution is 2.45. The van der Waals surface area contributed by atoms with Crippen LogP contribution in [-0.4, -0.2) is 30.6 Å². The first kappa shape index (κ1) is 20.6. The van der Waals surface area contributed by atoms with Crippen LogP contribution in [0.4, 0.5) is 0 Å². The molecule has 1 heterocycles. The van der Waals surface area contributed by atoms with Crippen molar-refractivity contribution in [1.29, 1.82) is 5.26 Å². The lowest BCUT2D eigenvalue weighted by Crippen LogP contribution is -2.46. The van der Waals surface area contributed by atoms with Gasteiger partial charge in [0, 0.05) is 19.0 Å². The standard InChI is InChI=1S/C25H26N2O2S/c1-24(16-9-4-10-17-24)30(28,29)27-18-15-23(19-27)25(20-26,21-11-5-2-6-12-21)22-13-7-3-8-14-22/h2-14,16,23H,15,17-19H2,1H3/t23-,24?/m1/s1. The predicted octanol–water partition coefficient (Wildman–Crippen LogP) is 4.42. The summed E-state index contributed by atoms with van der Waals surface area (Å²) in [6, 6.07) is 22.1. The fourth-order valence-electron chi connectivity index (χ4n) is 4.75. The second kappa shape index (κ2) is 7.86. The molecule has 30 heavy (non-hydrogen) atoms. The van der Waals surface area contributed by atoms with Crippen molar-refractivity contribution in [2.24, 2.45) is 5.92 Å². The van der Waals surface area contributed by atoms with E-state index in [1.165, 1.54) is 0 Å². The molecule has 5 heteroatoms. The Morgan fingerprint density at radius 1 is 1.03 bits per heavy atom. The first-order valence-electron chi connectivity index (χ1n) is 10.3. The van der Waals surface area contributed by atoms with Crippen LogP contribution in [0, 0.1) is 17.2 Å². The SMILES string of the molecule is CC1(S(=O)(=O)N2CC[C@@H](C(C#N)(c3ccccc3)c3ccccc3)C2)C=CC=CC1. The first-order chi connectivity index (χ1) is 14.4. The van der Waals surface area contributed by atoms with Crippen molar-refractivity contribution in [1.82, 2.24) is 4.31 Å². The van der Waals surface area contributed by atoms with Gasteiger partial charge < -0.3 is 0 Å². The molecule has 2 aliphatic rings. The van der Waals surface area contributed by atoms with Crippen LogP contribution in [-0.2, 0) is 15.4 Å². The Bertz CT molecular complexity index is 1060. The molecule has 0 N–H and O–H groups in total. The highest BCUT2D eigenvalue weighted by Gasteiger charge is 2.50. The maximum Gasteiger partial charge on any atom is 0.223 e. The minimum Gasteiger partial charge on any atom is -0.211 e. The van der Waals surface area contributed by atoms with Gasteiger partial charge >= 0.3 is 0 Å². The molecule has 1 saturated heterocycles. The Hall–Kier alpha value is -2.68. The van der Waals surface area contributed by atoms with Crippen LogP contribution in [0.1, 0.15) is 30.9 Å². The molecule has 1 aliphatic carbocycles. The molecule has 0 aromatic heterocycles. The number of sulfonamides is 1. The Kier molecular flexibility index (Phi) is 5.40. The molecule has 0 saturated carbocycles. The Labute approximate surface area is 179 Å². The van der Waals surface area contributed by atoms with Crippen molar-refractivity contribution in [3.05, 3.63) is 96.1 Å². The predicted molar refractivity (Wildman–Crippen MR) is 119 cm³/mol. The largest absolute Gasteiger partial charge is 0.223 e. The molecular weight excluding hydrogens is 392 g/mol. The van der Waals surface area contributed by atoms with Gasteiger partial charge in [-0.1, -0.05) is 85.0 Å². The quantitative estimate of drug-likeness (QED) is 0.722. The average Bonchev–Trinajstić information content (AvgIpc) is 3.28. The Morgan fingerprint density at radius 3 is 2.13 bits per heavy atom. The molecule has 0 radical (unpaired) electrons. The summed E-state index contributed by atoms with van der Waals surface area (Å²) in [5.41, 5.74) is 0.931. The van der Waals surface area contributed by atoms with Crippen molar-refractivity contribution in [3.63, 3.8) is 0 Å². The van der Waals surface area contributed by atoms with E-state index < -0.39 is 20.2 Å². The van der Waals surface area contributed by atoms with E-state index in [9.17, 15) is 13.7 Å². The van der Waals surface area contributed by atoms with Crippen LogP contribution in [0.3, 0.4) is 0 Å². The summed E-state index contributed by atoms with van der Waals surface area (Å²) in [6.07, 6.45) is 8.48. The number of allylic oxidation sites excluding steroid dienone is 3. The smallest absolute Gasteiger partial charge is 0.211 e. The number of rotatable bonds is 5. The van der Waals surface area contributed by atoms with Crippen LogP contribution in [0.2, 0.25) is 0 Å². The number of nitriles is 1. The van der Waals surface area contributed by atoms with E-state index in [1.54, 1.807) is 17.3 Å². The zero-order chi connectivity index (χ0) is 21.2. The normalized spacial score (nSPS) is 24.6. The molecular formula is C25H26N2O2S. The molecule has 0 spiro atoms. The third-order valence-electron chi connectivity index (χ3n) is 6.55. The van der Waals surface area contributed by atoms with Gasteiger partial charge in [-0.25, -0.2) is 12.7 Å². The van der Waals surface area contributed by atoms with Crippen LogP contribution in [0.15, 0.2) is 85.0 Å². The summed E-state index contributed by atoms with van der Waals surface area (Å²) >= 11 is 0. The summed E-state index contributed by atoms with van der Waals surface area (Å²) in [6.45, 7) is 2.55. The number of nitrogens with zero attached hydrogens (tertiary/aromatic N) is 2. The second-order valence-corrected chi connectivity index (χ2v) is 10.7. The zero-order valence-electron chi connectivity index (χ0n) is 17.1. The van der Waals surface area contributed by atoms with Crippen molar-refractivity contribution in [3.8, 4) is 6.07 Å². The van der Waals surface area contributed by atoms with Crippen molar-refractivity contribution in [2.45, 2.75) is 29.9 Å². The Balaban J connectivity index is 1.74. The molecule has 1 unspecified atom stereocenters.